The molecule has 0 radical (unpaired) electrons. The van der Waals surface area contributed by atoms with Crippen LogP contribution in [0.1, 0.15) is 42.1 Å². The molecule has 2 saturated heterocycles. The minimum atomic E-state index is -4.82. The van der Waals surface area contributed by atoms with Crippen molar-refractivity contribution in [2.45, 2.75) is 32.4 Å². The average Bonchev–Trinajstić information content (AvgIpc) is 3.04. The van der Waals surface area contributed by atoms with E-state index in [9.17, 15) is 36.7 Å². The fourth-order valence-electron chi connectivity index (χ4n) is 3.53. The first-order valence-corrected chi connectivity index (χ1v) is 11.0. The van der Waals surface area contributed by atoms with Crippen LogP contribution in [-0.4, -0.2) is 58.9 Å². The van der Waals surface area contributed by atoms with E-state index in [1.807, 2.05) is 6.92 Å². The number of hydrogen-bond donors (Lipinski definition) is 1. The number of alkyl halides is 3. The van der Waals surface area contributed by atoms with Crippen LogP contribution in [-0.2, 0) is 15.8 Å². The van der Waals surface area contributed by atoms with Gasteiger partial charge in [0.05, 0.1) is 16.0 Å². The Balaban J connectivity index is 1.71. The smallest absolute Gasteiger partial charge is 0.355 e. The van der Waals surface area contributed by atoms with Crippen LogP contribution < -0.4 is 5.32 Å². The summed E-state index contributed by atoms with van der Waals surface area (Å²) < 4.78 is 53.3. The molecule has 7 nitrogen and oxygen atoms in total. The zero-order valence-electron chi connectivity index (χ0n) is 17.6. The van der Waals surface area contributed by atoms with E-state index in [4.69, 9.17) is 0 Å². The number of rotatable bonds is 5. The highest BCUT2D eigenvalue weighted by Gasteiger charge is 2.40. The number of thioether (sulfide) groups is 1. The molecule has 0 saturated carbocycles. The van der Waals surface area contributed by atoms with Crippen molar-refractivity contribution in [3.63, 3.8) is 0 Å². The summed E-state index contributed by atoms with van der Waals surface area (Å²) in [5.41, 5.74) is -1.40. The number of carbonyl (C=O) groups excluding carboxylic acids is 4. The second-order valence-electron chi connectivity index (χ2n) is 7.52. The van der Waals surface area contributed by atoms with Gasteiger partial charge in [-0.3, -0.25) is 24.1 Å². The molecule has 33 heavy (non-hydrogen) atoms. The third-order valence-electron chi connectivity index (χ3n) is 5.22. The summed E-state index contributed by atoms with van der Waals surface area (Å²) >= 11 is 0.703. The first-order valence-electron chi connectivity index (χ1n) is 10.2. The maximum Gasteiger partial charge on any atom is 0.417 e. The van der Waals surface area contributed by atoms with E-state index in [2.05, 4.69) is 5.32 Å². The van der Waals surface area contributed by atoms with Crippen molar-refractivity contribution in [1.29, 1.82) is 0 Å². The van der Waals surface area contributed by atoms with Crippen LogP contribution in [0.2, 0.25) is 0 Å². The molecular weight excluding hydrogens is 466 g/mol. The number of imide groups is 1. The predicted octanol–water partition coefficient (Wildman–Crippen LogP) is 3.56. The van der Waals surface area contributed by atoms with Crippen LogP contribution in [0.5, 0.6) is 0 Å². The summed E-state index contributed by atoms with van der Waals surface area (Å²) in [5.74, 6) is -2.97. The summed E-state index contributed by atoms with van der Waals surface area (Å²) in [7, 11) is 0. The normalized spacial score (nSPS) is 17.1. The molecule has 1 N–H and O–H groups in total. The van der Waals surface area contributed by atoms with Crippen LogP contribution in [0.15, 0.2) is 28.7 Å². The molecule has 0 unspecified atom stereocenters. The van der Waals surface area contributed by atoms with E-state index in [0.29, 0.717) is 48.5 Å². The maximum absolute atomic E-state index is 13.6. The van der Waals surface area contributed by atoms with Gasteiger partial charge in [0.25, 0.3) is 17.1 Å². The largest absolute Gasteiger partial charge is 0.417 e. The van der Waals surface area contributed by atoms with Crippen LogP contribution in [0, 0.1) is 5.82 Å². The Morgan fingerprint density at radius 1 is 1.15 bits per heavy atom. The molecule has 1 aromatic rings. The zero-order chi connectivity index (χ0) is 24.3. The number of benzene rings is 1. The zero-order valence-corrected chi connectivity index (χ0v) is 18.4. The predicted molar refractivity (Wildman–Crippen MR) is 112 cm³/mol. The van der Waals surface area contributed by atoms with E-state index in [1.165, 1.54) is 0 Å². The van der Waals surface area contributed by atoms with Gasteiger partial charge in [0.2, 0.25) is 5.91 Å². The van der Waals surface area contributed by atoms with Crippen LogP contribution in [0.4, 0.5) is 22.4 Å². The highest BCUT2D eigenvalue weighted by molar-refractivity contribution is 8.18. The Morgan fingerprint density at radius 3 is 2.42 bits per heavy atom. The number of amides is 4. The highest BCUT2D eigenvalue weighted by atomic mass is 32.2. The molecule has 0 atom stereocenters. The van der Waals surface area contributed by atoms with Crippen molar-refractivity contribution in [2.24, 2.45) is 0 Å². The number of hydrogen-bond acceptors (Lipinski definition) is 5. The summed E-state index contributed by atoms with van der Waals surface area (Å²) in [5, 5.41) is 2.01. The van der Waals surface area contributed by atoms with Gasteiger partial charge in [-0.25, -0.2) is 4.39 Å². The lowest BCUT2D eigenvalue weighted by molar-refractivity contribution is -0.138. The summed E-state index contributed by atoms with van der Waals surface area (Å²) in [6, 6.07) is 1.74. The fraction of sp³-hybridized carbons (Fsp3) is 0.429. The van der Waals surface area contributed by atoms with Gasteiger partial charge in [-0.1, -0.05) is 6.92 Å². The first-order chi connectivity index (χ1) is 15.5. The molecule has 0 aliphatic carbocycles. The van der Waals surface area contributed by atoms with E-state index in [0.717, 1.165) is 9.80 Å². The summed E-state index contributed by atoms with van der Waals surface area (Å²) in [6.07, 6.45) is -3.78. The lowest BCUT2D eigenvalue weighted by atomic mass is 10.00. The Kier molecular flexibility index (Phi) is 7.45. The van der Waals surface area contributed by atoms with Crippen molar-refractivity contribution < 1.29 is 36.7 Å². The molecule has 3 rings (SSSR count). The lowest BCUT2D eigenvalue weighted by Gasteiger charge is -2.30. The van der Waals surface area contributed by atoms with E-state index < -0.39 is 52.6 Å². The molecular formula is C21H21F4N3O4S. The third-order valence-corrected chi connectivity index (χ3v) is 6.28. The number of nitrogens with zero attached hydrogens (tertiary/aromatic N) is 2. The molecule has 178 valence electrons. The van der Waals surface area contributed by atoms with Crippen LogP contribution in [0.3, 0.4) is 0 Å². The monoisotopic (exact) mass is 487 g/mol. The maximum atomic E-state index is 13.6. The van der Waals surface area contributed by atoms with Crippen LogP contribution in [0.25, 0.3) is 0 Å². The molecule has 0 bridgehead atoms. The summed E-state index contributed by atoms with van der Waals surface area (Å²) in [6.45, 7) is 1.89. The van der Waals surface area contributed by atoms with Crippen molar-refractivity contribution in [3.05, 3.63) is 45.6 Å². The number of likely N-dealkylation sites (tertiary alicyclic amines) is 1. The molecule has 0 aromatic heterocycles. The van der Waals surface area contributed by atoms with Gasteiger partial charge in [0, 0.05) is 19.6 Å². The standard InChI is InChI=1S/C21H21F4N3O4S/c1-2-7-26-16(29)11-28-19(31)17(33-20(28)32)12-5-8-27(9-6-12)18(30)14-10-13(22)3-4-15(14)21(23,24)25/h3-4,10H,2,5-9,11H2,1H3,(H,26,29). The Hall–Kier alpha value is -2.89. The molecule has 12 heteroatoms. The van der Waals surface area contributed by atoms with Gasteiger partial charge in [0.15, 0.2) is 0 Å². The van der Waals surface area contributed by atoms with Gasteiger partial charge in [-0.05, 0) is 54.8 Å². The number of halogens is 4. The molecule has 0 spiro atoms. The Labute approximate surface area is 191 Å². The molecule has 1 aromatic carbocycles. The Bertz CT molecular complexity index is 1020. The Morgan fingerprint density at radius 2 is 1.82 bits per heavy atom. The van der Waals surface area contributed by atoms with Crippen molar-refractivity contribution in [2.75, 3.05) is 26.2 Å². The second kappa shape index (κ2) is 9.94. The van der Waals surface area contributed by atoms with Crippen molar-refractivity contribution in [1.82, 2.24) is 15.1 Å². The van der Waals surface area contributed by atoms with Gasteiger partial charge >= 0.3 is 6.18 Å². The summed E-state index contributed by atoms with van der Waals surface area (Å²) in [4.78, 5) is 51.6. The lowest BCUT2D eigenvalue weighted by Crippen LogP contribution is -2.40. The second-order valence-corrected chi connectivity index (χ2v) is 8.48. The number of carbonyl (C=O) groups is 4. The number of nitrogens with one attached hydrogen (secondary N) is 1. The molecule has 2 aliphatic heterocycles. The van der Waals surface area contributed by atoms with Gasteiger partial charge in [-0.15, -0.1) is 0 Å². The van der Waals surface area contributed by atoms with Crippen molar-refractivity contribution >= 4 is 34.7 Å². The van der Waals surface area contributed by atoms with E-state index in [-0.39, 0.29) is 30.8 Å². The van der Waals surface area contributed by atoms with E-state index >= 15 is 0 Å². The van der Waals surface area contributed by atoms with Crippen molar-refractivity contribution in [3.8, 4) is 0 Å². The highest BCUT2D eigenvalue weighted by Crippen LogP contribution is 2.37. The molecule has 4 amide bonds. The molecule has 2 aliphatic rings. The number of piperidine rings is 1. The van der Waals surface area contributed by atoms with Crippen LogP contribution >= 0.6 is 11.8 Å². The average molecular weight is 487 g/mol. The van der Waals surface area contributed by atoms with Gasteiger partial charge in [-0.2, -0.15) is 13.2 Å². The minimum absolute atomic E-state index is 0.00446. The van der Waals surface area contributed by atoms with Gasteiger partial charge < -0.3 is 10.2 Å². The quantitative estimate of drug-likeness (QED) is 0.507. The molecule has 2 fully saturated rings. The topological polar surface area (TPSA) is 86.8 Å². The van der Waals surface area contributed by atoms with E-state index in [1.54, 1.807) is 0 Å². The fourth-order valence-corrected chi connectivity index (χ4v) is 4.51. The SMILES string of the molecule is CCCNC(=O)CN1C(=O)SC(=C2CCN(C(=O)c3cc(F)ccc3C(F)(F)F)CC2)C1=O. The van der Waals surface area contributed by atoms with Gasteiger partial charge in [0.1, 0.15) is 12.4 Å². The third kappa shape index (κ3) is 5.55. The first kappa shape index (κ1) is 24.7. The minimum Gasteiger partial charge on any atom is -0.355 e. The molecule has 2 heterocycles.